The Bertz CT molecular complexity index is 771. The number of para-hydroxylation sites is 1. The fourth-order valence-electron chi connectivity index (χ4n) is 2.29. The van der Waals surface area contributed by atoms with Gasteiger partial charge in [0.25, 0.3) is 0 Å². The van der Waals surface area contributed by atoms with Crippen LogP contribution in [0.3, 0.4) is 0 Å². The maximum Gasteiger partial charge on any atom is 0.337 e. The molecule has 7 heteroatoms. The second kappa shape index (κ2) is 8.66. The summed E-state index contributed by atoms with van der Waals surface area (Å²) < 4.78 is 9.37. The monoisotopic (exact) mass is 356 g/mol. The average molecular weight is 356 g/mol. The van der Waals surface area contributed by atoms with Crippen LogP contribution in [0.1, 0.15) is 20.7 Å². The van der Waals surface area contributed by atoms with Gasteiger partial charge in [-0.2, -0.15) is 0 Å². The number of esters is 2. The van der Waals surface area contributed by atoms with E-state index in [2.05, 4.69) is 14.8 Å². The maximum absolute atomic E-state index is 12.3. The Morgan fingerprint density at radius 2 is 1.46 bits per heavy atom. The number of rotatable bonds is 6. The molecular formula is C19H20N2O5. The van der Waals surface area contributed by atoms with E-state index < -0.39 is 11.9 Å². The van der Waals surface area contributed by atoms with Gasteiger partial charge in [0.1, 0.15) is 0 Å². The van der Waals surface area contributed by atoms with E-state index in [-0.39, 0.29) is 23.6 Å². The molecule has 0 unspecified atom stereocenters. The summed E-state index contributed by atoms with van der Waals surface area (Å²) in [5.41, 5.74) is 1.56. The number of likely N-dealkylation sites (N-methyl/N-ethyl adjacent to an activating group) is 1. The summed E-state index contributed by atoms with van der Waals surface area (Å²) in [6.45, 7) is -0.0172. The van der Waals surface area contributed by atoms with Gasteiger partial charge < -0.3 is 19.7 Å². The highest BCUT2D eigenvalue weighted by atomic mass is 16.5. The van der Waals surface area contributed by atoms with Crippen LogP contribution < -0.4 is 10.2 Å². The molecule has 0 radical (unpaired) electrons. The number of ether oxygens (including phenoxy) is 2. The highest BCUT2D eigenvalue weighted by Gasteiger charge is 2.15. The second-order valence-electron chi connectivity index (χ2n) is 5.42. The summed E-state index contributed by atoms with van der Waals surface area (Å²) in [6.07, 6.45) is 0. The molecule has 0 aliphatic rings. The fraction of sp³-hybridized carbons (Fsp3) is 0.211. The number of hydrogen-bond donors (Lipinski definition) is 1. The molecule has 7 nitrogen and oxygen atoms in total. The number of anilines is 2. The van der Waals surface area contributed by atoms with Crippen molar-refractivity contribution in [2.75, 3.05) is 38.0 Å². The first kappa shape index (κ1) is 19.0. The molecule has 0 spiro atoms. The van der Waals surface area contributed by atoms with Gasteiger partial charge in [0.05, 0.1) is 31.9 Å². The van der Waals surface area contributed by atoms with Crippen molar-refractivity contribution in [1.29, 1.82) is 0 Å². The Kier molecular flexibility index (Phi) is 6.32. The topological polar surface area (TPSA) is 84.9 Å². The van der Waals surface area contributed by atoms with E-state index >= 15 is 0 Å². The molecule has 0 aliphatic carbocycles. The van der Waals surface area contributed by atoms with Crippen LogP contribution in [0, 0.1) is 0 Å². The molecule has 2 rings (SSSR count). The Morgan fingerprint density at radius 3 is 1.96 bits per heavy atom. The molecule has 1 N–H and O–H groups in total. The van der Waals surface area contributed by atoms with Crippen LogP contribution in [-0.2, 0) is 14.3 Å². The van der Waals surface area contributed by atoms with E-state index in [1.165, 1.54) is 37.3 Å². The predicted molar refractivity (Wildman–Crippen MR) is 97.5 cm³/mol. The van der Waals surface area contributed by atoms with Gasteiger partial charge in [0.15, 0.2) is 0 Å². The normalized spacial score (nSPS) is 9.96. The second-order valence-corrected chi connectivity index (χ2v) is 5.42. The number of hydrogen-bond acceptors (Lipinski definition) is 6. The molecule has 136 valence electrons. The minimum Gasteiger partial charge on any atom is -0.465 e. The average Bonchev–Trinajstić information content (AvgIpc) is 2.70. The SMILES string of the molecule is COC(=O)c1cc(NCC(=O)N(C)c2ccccc2)cc(C(=O)OC)c1. The minimum atomic E-state index is -0.591. The molecule has 26 heavy (non-hydrogen) atoms. The first-order valence-corrected chi connectivity index (χ1v) is 7.83. The van der Waals surface area contributed by atoms with E-state index in [1.54, 1.807) is 7.05 Å². The summed E-state index contributed by atoms with van der Waals surface area (Å²) in [4.78, 5) is 37.4. The zero-order valence-corrected chi connectivity index (χ0v) is 14.8. The Morgan fingerprint density at radius 1 is 0.923 bits per heavy atom. The van der Waals surface area contributed by atoms with Gasteiger partial charge in [0, 0.05) is 18.4 Å². The Hall–Kier alpha value is -3.35. The van der Waals surface area contributed by atoms with Crippen molar-refractivity contribution in [2.24, 2.45) is 0 Å². The molecule has 1 amide bonds. The Labute approximate surface area is 151 Å². The van der Waals surface area contributed by atoms with Crippen molar-refractivity contribution in [3.63, 3.8) is 0 Å². The number of nitrogens with zero attached hydrogens (tertiary/aromatic N) is 1. The van der Waals surface area contributed by atoms with Crippen molar-refractivity contribution in [2.45, 2.75) is 0 Å². The third-order valence-electron chi connectivity index (χ3n) is 3.74. The van der Waals surface area contributed by atoms with Gasteiger partial charge in [-0.3, -0.25) is 4.79 Å². The van der Waals surface area contributed by atoms with E-state index in [0.29, 0.717) is 5.69 Å². The van der Waals surface area contributed by atoms with Crippen LogP contribution >= 0.6 is 0 Å². The van der Waals surface area contributed by atoms with Crippen molar-refractivity contribution in [1.82, 2.24) is 0 Å². The van der Waals surface area contributed by atoms with E-state index in [0.717, 1.165) is 5.69 Å². The van der Waals surface area contributed by atoms with Crippen LogP contribution in [0.25, 0.3) is 0 Å². The van der Waals surface area contributed by atoms with Crippen molar-refractivity contribution in [3.05, 3.63) is 59.7 Å². The third-order valence-corrected chi connectivity index (χ3v) is 3.74. The molecule has 0 aliphatic heterocycles. The van der Waals surface area contributed by atoms with Crippen LogP contribution in [0.5, 0.6) is 0 Å². The van der Waals surface area contributed by atoms with Crippen LogP contribution in [0.15, 0.2) is 48.5 Å². The molecule has 0 saturated carbocycles. The molecular weight excluding hydrogens is 336 g/mol. The molecule has 0 atom stereocenters. The number of nitrogens with one attached hydrogen (secondary N) is 1. The number of benzene rings is 2. The van der Waals surface area contributed by atoms with E-state index in [1.807, 2.05) is 30.3 Å². The van der Waals surface area contributed by atoms with Crippen LogP contribution in [-0.4, -0.2) is 45.7 Å². The molecule has 2 aromatic rings. The Balaban J connectivity index is 2.16. The summed E-state index contributed by atoms with van der Waals surface area (Å²) in [6, 6.07) is 13.6. The van der Waals surface area contributed by atoms with Crippen molar-refractivity contribution in [3.8, 4) is 0 Å². The largest absolute Gasteiger partial charge is 0.465 e. The molecule has 0 aromatic heterocycles. The predicted octanol–water partition coefficient (Wildman–Crippen LogP) is 2.33. The lowest BCUT2D eigenvalue weighted by molar-refractivity contribution is -0.116. The van der Waals surface area contributed by atoms with Crippen LogP contribution in [0.2, 0.25) is 0 Å². The number of amides is 1. The summed E-state index contributed by atoms with van der Waals surface area (Å²) in [5.74, 6) is -1.36. The molecule has 0 heterocycles. The fourth-order valence-corrected chi connectivity index (χ4v) is 2.29. The first-order chi connectivity index (χ1) is 12.5. The van der Waals surface area contributed by atoms with E-state index in [9.17, 15) is 14.4 Å². The van der Waals surface area contributed by atoms with E-state index in [4.69, 9.17) is 0 Å². The summed E-state index contributed by atoms with van der Waals surface area (Å²) >= 11 is 0. The van der Waals surface area contributed by atoms with Crippen LogP contribution in [0.4, 0.5) is 11.4 Å². The van der Waals surface area contributed by atoms with Gasteiger partial charge in [-0.05, 0) is 30.3 Å². The molecule has 0 fully saturated rings. The van der Waals surface area contributed by atoms with Gasteiger partial charge >= 0.3 is 11.9 Å². The standard InChI is InChI=1S/C19H20N2O5/c1-21(16-7-5-4-6-8-16)17(22)12-20-15-10-13(18(23)25-2)9-14(11-15)19(24)26-3/h4-11,20H,12H2,1-3H3. The number of carbonyl (C=O) groups is 3. The van der Waals surface area contributed by atoms with Gasteiger partial charge in [-0.25, -0.2) is 9.59 Å². The number of methoxy groups -OCH3 is 2. The third kappa shape index (κ3) is 4.60. The van der Waals surface area contributed by atoms with Gasteiger partial charge in [-0.1, -0.05) is 18.2 Å². The first-order valence-electron chi connectivity index (χ1n) is 7.83. The molecule has 2 aromatic carbocycles. The lowest BCUT2D eigenvalue weighted by Crippen LogP contribution is -2.32. The smallest absolute Gasteiger partial charge is 0.337 e. The molecule has 0 bridgehead atoms. The summed E-state index contributed by atoms with van der Waals surface area (Å²) in [7, 11) is 4.17. The highest BCUT2D eigenvalue weighted by molar-refractivity contribution is 5.98. The lowest BCUT2D eigenvalue weighted by atomic mass is 10.1. The molecule has 0 saturated heterocycles. The van der Waals surface area contributed by atoms with Crippen molar-refractivity contribution >= 4 is 29.2 Å². The minimum absolute atomic E-state index is 0.0172. The van der Waals surface area contributed by atoms with Gasteiger partial charge in [0.2, 0.25) is 5.91 Å². The zero-order valence-electron chi connectivity index (χ0n) is 14.8. The quantitative estimate of drug-likeness (QED) is 0.800. The number of carbonyl (C=O) groups excluding carboxylic acids is 3. The zero-order chi connectivity index (χ0) is 19.1. The van der Waals surface area contributed by atoms with Crippen molar-refractivity contribution < 1.29 is 23.9 Å². The summed E-state index contributed by atoms with van der Waals surface area (Å²) in [5, 5.41) is 2.93. The maximum atomic E-state index is 12.3. The highest BCUT2D eigenvalue weighted by Crippen LogP contribution is 2.17. The van der Waals surface area contributed by atoms with Gasteiger partial charge in [-0.15, -0.1) is 0 Å². The lowest BCUT2D eigenvalue weighted by Gasteiger charge is -2.18.